The summed E-state index contributed by atoms with van der Waals surface area (Å²) in [5.74, 6) is 0.200. The average Bonchev–Trinajstić information content (AvgIpc) is 3.14. The molecule has 1 saturated heterocycles. The summed E-state index contributed by atoms with van der Waals surface area (Å²) in [6, 6.07) is 2.87. The van der Waals surface area contributed by atoms with Gasteiger partial charge in [0, 0.05) is 44.3 Å². The van der Waals surface area contributed by atoms with Crippen LogP contribution in [0.1, 0.15) is 36.8 Å². The molecule has 1 saturated carbocycles. The van der Waals surface area contributed by atoms with Crippen molar-refractivity contribution in [1.29, 1.82) is 0 Å². The van der Waals surface area contributed by atoms with Crippen molar-refractivity contribution in [3.05, 3.63) is 29.1 Å². The van der Waals surface area contributed by atoms with Crippen LogP contribution in [0.4, 0.5) is 10.1 Å². The van der Waals surface area contributed by atoms with E-state index < -0.39 is 0 Å². The highest BCUT2D eigenvalue weighted by Gasteiger charge is 2.29. The smallest absolute Gasteiger partial charge is 0.225 e. The maximum atomic E-state index is 13.8. The van der Waals surface area contributed by atoms with Crippen LogP contribution in [-0.2, 0) is 16.1 Å². The number of carbonyl (C=O) groups excluding carboxylic acids is 2. The number of rotatable bonds is 5. The Labute approximate surface area is 148 Å². The van der Waals surface area contributed by atoms with E-state index in [0.29, 0.717) is 24.5 Å². The first-order valence-corrected chi connectivity index (χ1v) is 9.09. The molecule has 136 valence electrons. The van der Waals surface area contributed by atoms with Gasteiger partial charge in [0.2, 0.25) is 12.3 Å². The standard InChI is InChI=1S/C19H26FN3O2/c1-14-16(10-17(20)11-18(14)21-13-24)12-22-6-8-23(9-7-22)19(25)15-4-2-3-5-15/h10-11,13,15H,2-9,12H2,1H3,(H,21,24). The van der Waals surface area contributed by atoms with Gasteiger partial charge in [0.25, 0.3) is 0 Å². The molecule has 0 bridgehead atoms. The zero-order chi connectivity index (χ0) is 17.8. The molecule has 1 heterocycles. The van der Waals surface area contributed by atoms with E-state index >= 15 is 0 Å². The molecule has 0 atom stereocenters. The summed E-state index contributed by atoms with van der Waals surface area (Å²) < 4.78 is 13.8. The number of nitrogens with one attached hydrogen (secondary N) is 1. The third-order valence-corrected chi connectivity index (χ3v) is 5.48. The summed E-state index contributed by atoms with van der Waals surface area (Å²) in [6.45, 7) is 5.59. The van der Waals surface area contributed by atoms with Gasteiger partial charge in [-0.25, -0.2) is 4.39 Å². The van der Waals surface area contributed by atoms with Gasteiger partial charge in [-0.2, -0.15) is 0 Å². The van der Waals surface area contributed by atoms with Gasteiger partial charge in [0.05, 0.1) is 0 Å². The van der Waals surface area contributed by atoms with Crippen LogP contribution in [0.25, 0.3) is 0 Å². The lowest BCUT2D eigenvalue weighted by molar-refractivity contribution is -0.137. The molecule has 2 aliphatic rings. The van der Waals surface area contributed by atoms with Gasteiger partial charge in [0.1, 0.15) is 5.82 Å². The summed E-state index contributed by atoms with van der Waals surface area (Å²) in [5.41, 5.74) is 2.28. The molecule has 2 amide bonds. The maximum absolute atomic E-state index is 13.8. The second-order valence-electron chi connectivity index (χ2n) is 7.08. The highest BCUT2D eigenvalue weighted by atomic mass is 19.1. The van der Waals surface area contributed by atoms with Crippen LogP contribution >= 0.6 is 0 Å². The van der Waals surface area contributed by atoms with Gasteiger partial charge in [-0.15, -0.1) is 0 Å². The van der Waals surface area contributed by atoms with Gasteiger partial charge < -0.3 is 10.2 Å². The molecular weight excluding hydrogens is 321 g/mol. The fourth-order valence-electron chi connectivity index (χ4n) is 3.91. The van der Waals surface area contributed by atoms with E-state index in [1.165, 1.54) is 25.0 Å². The molecule has 25 heavy (non-hydrogen) atoms. The first-order valence-electron chi connectivity index (χ1n) is 9.09. The van der Waals surface area contributed by atoms with E-state index in [2.05, 4.69) is 10.2 Å². The Morgan fingerprint density at radius 2 is 1.92 bits per heavy atom. The second-order valence-corrected chi connectivity index (χ2v) is 7.08. The molecular formula is C19H26FN3O2. The average molecular weight is 347 g/mol. The molecule has 1 aromatic rings. The number of carbonyl (C=O) groups is 2. The maximum Gasteiger partial charge on any atom is 0.225 e. The number of halogens is 1. The topological polar surface area (TPSA) is 52.6 Å². The quantitative estimate of drug-likeness (QED) is 0.833. The van der Waals surface area contributed by atoms with Crippen molar-refractivity contribution in [3.8, 4) is 0 Å². The van der Waals surface area contributed by atoms with E-state index in [9.17, 15) is 14.0 Å². The molecule has 5 nitrogen and oxygen atoms in total. The van der Waals surface area contributed by atoms with Crippen LogP contribution in [0.15, 0.2) is 12.1 Å². The summed E-state index contributed by atoms with van der Waals surface area (Å²) in [6.07, 6.45) is 4.99. The molecule has 3 rings (SSSR count). The molecule has 0 spiro atoms. The fourth-order valence-corrected chi connectivity index (χ4v) is 3.91. The van der Waals surface area contributed by atoms with Crippen molar-refractivity contribution in [2.75, 3.05) is 31.5 Å². The lowest BCUT2D eigenvalue weighted by atomic mass is 10.0. The van der Waals surface area contributed by atoms with E-state index in [-0.39, 0.29) is 11.7 Å². The third-order valence-electron chi connectivity index (χ3n) is 5.48. The molecule has 0 aromatic heterocycles. The van der Waals surface area contributed by atoms with Gasteiger partial charge in [-0.3, -0.25) is 14.5 Å². The third kappa shape index (κ3) is 4.18. The van der Waals surface area contributed by atoms with E-state index in [0.717, 1.165) is 50.1 Å². The number of piperazine rings is 1. The minimum atomic E-state index is -0.347. The summed E-state index contributed by atoms with van der Waals surface area (Å²) in [5, 5.41) is 2.56. The summed E-state index contributed by atoms with van der Waals surface area (Å²) >= 11 is 0. The van der Waals surface area contributed by atoms with E-state index in [1.807, 2.05) is 11.8 Å². The highest BCUT2D eigenvalue weighted by molar-refractivity contribution is 5.79. The Hall–Kier alpha value is -1.95. The lowest BCUT2D eigenvalue weighted by Gasteiger charge is -2.36. The van der Waals surface area contributed by atoms with Crippen molar-refractivity contribution >= 4 is 18.0 Å². The van der Waals surface area contributed by atoms with Crippen molar-refractivity contribution < 1.29 is 14.0 Å². The largest absolute Gasteiger partial charge is 0.340 e. The molecule has 0 unspecified atom stereocenters. The van der Waals surface area contributed by atoms with E-state index in [4.69, 9.17) is 0 Å². The Morgan fingerprint density at radius 3 is 2.56 bits per heavy atom. The number of amides is 2. The Balaban J connectivity index is 1.59. The van der Waals surface area contributed by atoms with Crippen LogP contribution in [0.5, 0.6) is 0 Å². The predicted molar refractivity (Wildman–Crippen MR) is 94.6 cm³/mol. The molecule has 1 aliphatic heterocycles. The SMILES string of the molecule is Cc1c(CN2CCN(C(=O)C3CCCC3)CC2)cc(F)cc1NC=O. The summed E-state index contributed by atoms with van der Waals surface area (Å²) in [4.78, 5) is 27.4. The van der Waals surface area contributed by atoms with Crippen LogP contribution in [0, 0.1) is 18.7 Å². The number of anilines is 1. The number of nitrogens with zero attached hydrogens (tertiary/aromatic N) is 2. The molecule has 0 radical (unpaired) electrons. The Kier molecular flexibility index (Phi) is 5.68. The second kappa shape index (κ2) is 7.95. The minimum absolute atomic E-state index is 0.231. The monoisotopic (exact) mass is 347 g/mol. The normalized spacial score (nSPS) is 19.2. The van der Waals surface area contributed by atoms with Crippen LogP contribution in [0.3, 0.4) is 0 Å². The zero-order valence-corrected chi connectivity index (χ0v) is 14.8. The molecule has 6 heteroatoms. The molecule has 1 aromatic carbocycles. The number of hydrogen-bond acceptors (Lipinski definition) is 3. The first kappa shape index (κ1) is 17.9. The van der Waals surface area contributed by atoms with Crippen LogP contribution in [-0.4, -0.2) is 48.3 Å². The lowest BCUT2D eigenvalue weighted by Crippen LogP contribution is -2.49. The Morgan fingerprint density at radius 1 is 1.24 bits per heavy atom. The number of benzene rings is 1. The number of hydrogen-bond donors (Lipinski definition) is 1. The fraction of sp³-hybridized carbons (Fsp3) is 0.579. The van der Waals surface area contributed by atoms with Crippen molar-refractivity contribution in [2.45, 2.75) is 39.2 Å². The van der Waals surface area contributed by atoms with Crippen molar-refractivity contribution in [3.63, 3.8) is 0 Å². The van der Waals surface area contributed by atoms with Gasteiger partial charge in [0.15, 0.2) is 0 Å². The molecule has 1 N–H and O–H groups in total. The highest BCUT2D eigenvalue weighted by Crippen LogP contribution is 2.27. The van der Waals surface area contributed by atoms with Crippen LogP contribution in [0.2, 0.25) is 0 Å². The van der Waals surface area contributed by atoms with Crippen LogP contribution < -0.4 is 5.32 Å². The van der Waals surface area contributed by atoms with Gasteiger partial charge in [-0.1, -0.05) is 12.8 Å². The predicted octanol–water partition coefficient (Wildman–Crippen LogP) is 2.54. The van der Waals surface area contributed by atoms with E-state index in [1.54, 1.807) is 0 Å². The molecule has 2 fully saturated rings. The van der Waals surface area contributed by atoms with Gasteiger partial charge in [-0.05, 0) is 43.0 Å². The Bertz CT molecular complexity index is 636. The summed E-state index contributed by atoms with van der Waals surface area (Å²) in [7, 11) is 0. The van der Waals surface area contributed by atoms with Crippen molar-refractivity contribution in [2.24, 2.45) is 5.92 Å². The van der Waals surface area contributed by atoms with Crippen molar-refractivity contribution in [1.82, 2.24) is 9.80 Å². The zero-order valence-electron chi connectivity index (χ0n) is 14.8. The molecule has 1 aliphatic carbocycles. The first-order chi connectivity index (χ1) is 12.1. The minimum Gasteiger partial charge on any atom is -0.340 e. The van der Waals surface area contributed by atoms with Gasteiger partial charge >= 0.3 is 0 Å².